The number of likely N-dealkylation sites (N-methyl/N-ethyl adjacent to an activating group) is 1. The van der Waals surface area contributed by atoms with Crippen LogP contribution in [0.4, 0.5) is 0 Å². The van der Waals surface area contributed by atoms with Crippen LogP contribution in [0, 0.1) is 6.92 Å². The average molecular weight is 234 g/mol. The molecule has 0 aliphatic carbocycles. The first-order valence-corrected chi connectivity index (χ1v) is 6.13. The second kappa shape index (κ2) is 7.07. The van der Waals surface area contributed by atoms with Crippen molar-refractivity contribution in [3.63, 3.8) is 0 Å². The van der Waals surface area contributed by atoms with Crippen molar-refractivity contribution in [2.24, 2.45) is 5.73 Å². The van der Waals surface area contributed by atoms with Gasteiger partial charge >= 0.3 is 0 Å². The monoisotopic (exact) mass is 234 g/mol. The number of carbonyl (C=O) groups is 1. The molecule has 17 heavy (non-hydrogen) atoms. The maximum atomic E-state index is 11.6. The Kier molecular flexibility index (Phi) is 5.70. The molecule has 3 heteroatoms. The van der Waals surface area contributed by atoms with Gasteiger partial charge in [-0.3, -0.25) is 4.79 Å². The first-order valence-electron chi connectivity index (χ1n) is 6.13. The average Bonchev–Trinajstić information content (AvgIpc) is 2.34. The normalized spacial score (nSPS) is 10.3. The minimum Gasteiger partial charge on any atom is -0.345 e. The lowest BCUT2D eigenvalue weighted by Gasteiger charge is -2.17. The summed E-state index contributed by atoms with van der Waals surface area (Å²) >= 11 is 0. The van der Waals surface area contributed by atoms with Gasteiger partial charge in [-0.15, -0.1) is 0 Å². The number of rotatable bonds is 6. The molecule has 2 N–H and O–H groups in total. The summed E-state index contributed by atoms with van der Waals surface area (Å²) in [4.78, 5) is 13.4. The van der Waals surface area contributed by atoms with E-state index in [1.54, 1.807) is 4.90 Å². The second-order valence-corrected chi connectivity index (χ2v) is 4.44. The molecule has 0 spiro atoms. The summed E-state index contributed by atoms with van der Waals surface area (Å²) in [5.74, 6) is 0.183. The first-order chi connectivity index (χ1) is 8.13. The minimum absolute atomic E-state index is 0.183. The summed E-state index contributed by atoms with van der Waals surface area (Å²) in [5, 5.41) is 0. The van der Waals surface area contributed by atoms with Crippen LogP contribution in [0.2, 0.25) is 0 Å². The highest BCUT2D eigenvalue weighted by Gasteiger charge is 2.07. The molecular weight excluding hydrogens is 212 g/mol. The van der Waals surface area contributed by atoms with Crippen LogP contribution < -0.4 is 5.73 Å². The van der Waals surface area contributed by atoms with E-state index < -0.39 is 0 Å². The maximum Gasteiger partial charge on any atom is 0.222 e. The quantitative estimate of drug-likeness (QED) is 0.815. The zero-order chi connectivity index (χ0) is 12.7. The van der Waals surface area contributed by atoms with Crippen molar-refractivity contribution in [3.8, 4) is 0 Å². The molecule has 0 saturated heterocycles. The van der Waals surface area contributed by atoms with E-state index in [0.29, 0.717) is 13.0 Å². The summed E-state index contributed by atoms with van der Waals surface area (Å²) in [7, 11) is 1.85. The standard InChI is InChI=1S/C14H22N2O/c1-12-5-7-13(8-6-12)9-11-16(2)14(17)4-3-10-15/h5-8H,3-4,9-11,15H2,1-2H3. The summed E-state index contributed by atoms with van der Waals surface area (Å²) in [6.07, 6.45) is 2.24. The van der Waals surface area contributed by atoms with Crippen LogP contribution in [-0.4, -0.2) is 30.9 Å². The second-order valence-electron chi connectivity index (χ2n) is 4.44. The van der Waals surface area contributed by atoms with Crippen molar-refractivity contribution in [1.29, 1.82) is 0 Å². The Bertz CT molecular complexity index is 346. The van der Waals surface area contributed by atoms with Crippen LogP contribution in [-0.2, 0) is 11.2 Å². The highest BCUT2D eigenvalue weighted by atomic mass is 16.2. The molecule has 0 radical (unpaired) electrons. The van der Waals surface area contributed by atoms with E-state index in [1.807, 2.05) is 7.05 Å². The number of hydrogen-bond acceptors (Lipinski definition) is 2. The number of hydrogen-bond donors (Lipinski definition) is 1. The molecule has 0 heterocycles. The third-order valence-electron chi connectivity index (χ3n) is 2.88. The lowest BCUT2D eigenvalue weighted by molar-refractivity contribution is -0.129. The zero-order valence-corrected chi connectivity index (χ0v) is 10.8. The van der Waals surface area contributed by atoms with E-state index in [1.165, 1.54) is 11.1 Å². The Balaban J connectivity index is 2.34. The van der Waals surface area contributed by atoms with E-state index in [9.17, 15) is 4.79 Å². The van der Waals surface area contributed by atoms with Gasteiger partial charge in [0.2, 0.25) is 5.91 Å². The van der Waals surface area contributed by atoms with Crippen LogP contribution in [0.15, 0.2) is 24.3 Å². The highest BCUT2D eigenvalue weighted by Crippen LogP contribution is 2.05. The molecule has 1 aromatic carbocycles. The summed E-state index contributed by atoms with van der Waals surface area (Å²) in [6, 6.07) is 8.44. The van der Waals surface area contributed by atoms with Crippen LogP contribution >= 0.6 is 0 Å². The van der Waals surface area contributed by atoms with Crippen molar-refractivity contribution >= 4 is 5.91 Å². The fourth-order valence-electron chi connectivity index (χ4n) is 1.62. The fourth-order valence-corrected chi connectivity index (χ4v) is 1.62. The minimum atomic E-state index is 0.183. The summed E-state index contributed by atoms with van der Waals surface area (Å²) in [6.45, 7) is 3.43. The van der Waals surface area contributed by atoms with Gasteiger partial charge in [-0.25, -0.2) is 0 Å². The van der Waals surface area contributed by atoms with Crippen molar-refractivity contribution in [2.75, 3.05) is 20.1 Å². The van der Waals surface area contributed by atoms with Gasteiger partial charge in [-0.2, -0.15) is 0 Å². The lowest BCUT2D eigenvalue weighted by Crippen LogP contribution is -2.29. The fraction of sp³-hybridized carbons (Fsp3) is 0.500. The third kappa shape index (κ3) is 5.00. The van der Waals surface area contributed by atoms with Gasteiger partial charge in [0, 0.05) is 20.0 Å². The van der Waals surface area contributed by atoms with Crippen molar-refractivity contribution in [1.82, 2.24) is 4.90 Å². The van der Waals surface area contributed by atoms with Crippen LogP contribution in [0.3, 0.4) is 0 Å². The van der Waals surface area contributed by atoms with Gasteiger partial charge in [0.25, 0.3) is 0 Å². The number of nitrogens with zero attached hydrogens (tertiary/aromatic N) is 1. The van der Waals surface area contributed by atoms with E-state index in [4.69, 9.17) is 5.73 Å². The van der Waals surface area contributed by atoms with E-state index in [-0.39, 0.29) is 5.91 Å². The molecular formula is C14H22N2O. The Labute approximate surface area is 104 Å². The Morgan fingerprint density at radius 1 is 1.29 bits per heavy atom. The molecule has 0 fully saturated rings. The SMILES string of the molecule is Cc1ccc(CCN(C)C(=O)CCCN)cc1. The predicted molar refractivity (Wildman–Crippen MR) is 70.8 cm³/mol. The topological polar surface area (TPSA) is 46.3 Å². The van der Waals surface area contributed by atoms with Gasteiger partial charge in [-0.05, 0) is 31.9 Å². The van der Waals surface area contributed by atoms with Crippen molar-refractivity contribution < 1.29 is 4.79 Å². The van der Waals surface area contributed by atoms with Gasteiger partial charge < -0.3 is 10.6 Å². The molecule has 1 rings (SSSR count). The van der Waals surface area contributed by atoms with Crippen LogP contribution in [0.25, 0.3) is 0 Å². The number of amides is 1. The lowest BCUT2D eigenvalue weighted by atomic mass is 10.1. The third-order valence-corrected chi connectivity index (χ3v) is 2.88. The largest absolute Gasteiger partial charge is 0.345 e. The summed E-state index contributed by atoms with van der Waals surface area (Å²) < 4.78 is 0. The number of benzene rings is 1. The molecule has 0 aromatic heterocycles. The van der Waals surface area contributed by atoms with E-state index >= 15 is 0 Å². The van der Waals surface area contributed by atoms with Crippen LogP contribution in [0.1, 0.15) is 24.0 Å². The molecule has 0 unspecified atom stereocenters. The van der Waals surface area contributed by atoms with E-state index in [0.717, 1.165) is 19.4 Å². The van der Waals surface area contributed by atoms with Crippen LogP contribution in [0.5, 0.6) is 0 Å². The molecule has 0 aliphatic rings. The van der Waals surface area contributed by atoms with Crippen molar-refractivity contribution in [2.45, 2.75) is 26.2 Å². The molecule has 0 bridgehead atoms. The first kappa shape index (κ1) is 13.7. The Morgan fingerprint density at radius 3 is 2.53 bits per heavy atom. The van der Waals surface area contributed by atoms with Gasteiger partial charge in [0.15, 0.2) is 0 Å². The molecule has 0 atom stereocenters. The molecule has 0 aliphatic heterocycles. The molecule has 3 nitrogen and oxygen atoms in total. The molecule has 1 amide bonds. The van der Waals surface area contributed by atoms with Gasteiger partial charge in [0.1, 0.15) is 0 Å². The summed E-state index contributed by atoms with van der Waals surface area (Å²) in [5.41, 5.74) is 7.92. The molecule has 1 aromatic rings. The van der Waals surface area contributed by atoms with Crippen molar-refractivity contribution in [3.05, 3.63) is 35.4 Å². The van der Waals surface area contributed by atoms with Gasteiger partial charge in [-0.1, -0.05) is 29.8 Å². The molecule has 0 saturated carbocycles. The van der Waals surface area contributed by atoms with Gasteiger partial charge in [0.05, 0.1) is 0 Å². The Hall–Kier alpha value is -1.35. The predicted octanol–water partition coefficient (Wildman–Crippen LogP) is 1.73. The maximum absolute atomic E-state index is 11.6. The number of carbonyl (C=O) groups excluding carboxylic acids is 1. The zero-order valence-electron chi connectivity index (χ0n) is 10.8. The highest BCUT2D eigenvalue weighted by molar-refractivity contribution is 5.75. The Morgan fingerprint density at radius 2 is 1.94 bits per heavy atom. The number of nitrogens with two attached hydrogens (primary N) is 1. The smallest absolute Gasteiger partial charge is 0.222 e. The number of aryl methyl sites for hydroxylation is 1. The molecule has 94 valence electrons. The van der Waals surface area contributed by atoms with E-state index in [2.05, 4.69) is 31.2 Å².